The molecule has 1 heterocycles. The summed E-state index contributed by atoms with van der Waals surface area (Å²) in [6.45, 7) is 9.63. The van der Waals surface area contributed by atoms with Crippen LogP contribution in [0, 0.1) is 5.41 Å². The van der Waals surface area contributed by atoms with Gasteiger partial charge in [0.25, 0.3) is 0 Å². The Balaban J connectivity index is 2.68. The summed E-state index contributed by atoms with van der Waals surface area (Å²) in [5.41, 5.74) is -0.516. The maximum Gasteiger partial charge on any atom is 0.326 e. The Hall–Kier alpha value is -1.30. The molecular formula is C14H27N3O3. The Morgan fingerprint density at radius 3 is 2.40 bits per heavy atom. The smallest absolute Gasteiger partial charge is 0.326 e. The minimum absolute atomic E-state index is 0.279. The number of likely N-dealkylation sites (N-methyl/N-ethyl adjacent to an activating group) is 1. The van der Waals surface area contributed by atoms with Gasteiger partial charge in [-0.3, -0.25) is 4.90 Å². The van der Waals surface area contributed by atoms with Gasteiger partial charge >= 0.3 is 12.0 Å². The van der Waals surface area contributed by atoms with E-state index in [4.69, 9.17) is 0 Å². The summed E-state index contributed by atoms with van der Waals surface area (Å²) in [5.74, 6) is -0.994. The van der Waals surface area contributed by atoms with Crippen LogP contribution in [0.5, 0.6) is 0 Å². The number of nitrogens with zero attached hydrogens (tertiary/aromatic N) is 2. The lowest BCUT2D eigenvalue weighted by Crippen LogP contribution is -2.59. The fourth-order valence-corrected chi connectivity index (χ4v) is 2.43. The predicted molar refractivity (Wildman–Crippen MR) is 77.7 cm³/mol. The SMILES string of the molecule is CCC1CN(C(=O)NC(C(=O)O)C(C)(C)C)CCN1C. The summed E-state index contributed by atoms with van der Waals surface area (Å²) in [4.78, 5) is 27.5. The number of nitrogens with one attached hydrogen (secondary N) is 1. The van der Waals surface area contributed by atoms with Gasteiger partial charge in [-0.2, -0.15) is 0 Å². The molecule has 0 saturated carbocycles. The molecule has 116 valence electrons. The van der Waals surface area contributed by atoms with Gasteiger partial charge in [-0.1, -0.05) is 27.7 Å². The summed E-state index contributed by atoms with van der Waals surface area (Å²) in [6.07, 6.45) is 0.974. The van der Waals surface area contributed by atoms with E-state index in [9.17, 15) is 14.7 Å². The molecule has 0 spiro atoms. The van der Waals surface area contributed by atoms with Crippen LogP contribution in [-0.4, -0.2) is 65.7 Å². The van der Waals surface area contributed by atoms with Gasteiger partial charge in [0.15, 0.2) is 0 Å². The molecule has 0 radical (unpaired) electrons. The first-order valence-corrected chi connectivity index (χ1v) is 7.15. The van der Waals surface area contributed by atoms with E-state index in [1.807, 2.05) is 20.8 Å². The lowest BCUT2D eigenvalue weighted by molar-refractivity contribution is -0.142. The lowest BCUT2D eigenvalue weighted by atomic mass is 9.87. The average molecular weight is 285 g/mol. The van der Waals surface area contributed by atoms with E-state index < -0.39 is 17.4 Å². The van der Waals surface area contributed by atoms with Crippen molar-refractivity contribution < 1.29 is 14.7 Å². The Kier molecular flexibility index (Phi) is 5.39. The highest BCUT2D eigenvalue weighted by Crippen LogP contribution is 2.20. The maximum atomic E-state index is 12.3. The fraction of sp³-hybridized carbons (Fsp3) is 0.857. The lowest BCUT2D eigenvalue weighted by Gasteiger charge is -2.40. The van der Waals surface area contributed by atoms with Crippen LogP contribution < -0.4 is 5.32 Å². The molecule has 2 unspecified atom stereocenters. The van der Waals surface area contributed by atoms with Crippen molar-refractivity contribution in [3.63, 3.8) is 0 Å². The van der Waals surface area contributed by atoms with E-state index >= 15 is 0 Å². The number of piperazine rings is 1. The molecule has 20 heavy (non-hydrogen) atoms. The third-order valence-corrected chi connectivity index (χ3v) is 3.92. The first-order chi connectivity index (χ1) is 9.16. The second kappa shape index (κ2) is 6.43. The largest absolute Gasteiger partial charge is 0.480 e. The summed E-state index contributed by atoms with van der Waals surface area (Å²) in [7, 11) is 2.05. The predicted octanol–water partition coefficient (Wildman–Crippen LogP) is 1.22. The molecule has 1 fully saturated rings. The molecule has 0 aromatic rings. The quantitative estimate of drug-likeness (QED) is 0.818. The van der Waals surface area contributed by atoms with Crippen molar-refractivity contribution >= 4 is 12.0 Å². The molecule has 1 aliphatic heterocycles. The second-order valence-electron chi connectivity index (χ2n) is 6.58. The third kappa shape index (κ3) is 4.10. The van der Waals surface area contributed by atoms with Crippen molar-refractivity contribution in [2.24, 2.45) is 5.41 Å². The Morgan fingerprint density at radius 1 is 1.35 bits per heavy atom. The molecule has 2 atom stereocenters. The van der Waals surface area contributed by atoms with Gasteiger partial charge in [0.05, 0.1) is 0 Å². The van der Waals surface area contributed by atoms with Crippen LogP contribution in [-0.2, 0) is 4.79 Å². The van der Waals surface area contributed by atoms with Gasteiger partial charge in [-0.25, -0.2) is 9.59 Å². The van der Waals surface area contributed by atoms with Crippen LogP contribution in [0.2, 0.25) is 0 Å². The highest BCUT2D eigenvalue weighted by atomic mass is 16.4. The molecule has 6 nitrogen and oxygen atoms in total. The molecule has 1 aliphatic rings. The summed E-state index contributed by atoms with van der Waals surface area (Å²) < 4.78 is 0. The number of carbonyl (C=O) groups is 2. The Labute approximate surface area is 121 Å². The van der Waals surface area contributed by atoms with E-state index in [-0.39, 0.29) is 6.03 Å². The van der Waals surface area contributed by atoms with Crippen molar-refractivity contribution in [2.75, 3.05) is 26.7 Å². The molecule has 0 aliphatic carbocycles. The molecule has 2 N–H and O–H groups in total. The second-order valence-corrected chi connectivity index (χ2v) is 6.58. The topological polar surface area (TPSA) is 72.9 Å². The first kappa shape index (κ1) is 16.8. The van der Waals surface area contributed by atoms with E-state index in [0.717, 1.165) is 13.0 Å². The fourth-order valence-electron chi connectivity index (χ4n) is 2.43. The number of hydrogen-bond donors (Lipinski definition) is 2. The van der Waals surface area contributed by atoms with Gasteiger partial charge in [-0.15, -0.1) is 0 Å². The highest BCUT2D eigenvalue weighted by molar-refractivity contribution is 5.83. The molecule has 1 saturated heterocycles. The van der Waals surface area contributed by atoms with Crippen molar-refractivity contribution in [1.82, 2.24) is 15.1 Å². The van der Waals surface area contributed by atoms with E-state index in [1.54, 1.807) is 4.90 Å². The number of aliphatic carboxylic acids is 1. The standard InChI is InChI=1S/C14H27N3O3/c1-6-10-9-17(8-7-16(10)5)13(20)15-11(12(18)19)14(2,3)4/h10-11H,6-9H2,1-5H3,(H,15,20)(H,18,19). The first-order valence-electron chi connectivity index (χ1n) is 7.15. The number of carboxylic acid groups (broad SMARTS) is 1. The van der Waals surface area contributed by atoms with E-state index in [2.05, 4.69) is 24.2 Å². The van der Waals surface area contributed by atoms with Crippen LogP contribution >= 0.6 is 0 Å². The number of carbonyl (C=O) groups excluding carboxylic acids is 1. The minimum atomic E-state index is -0.994. The third-order valence-electron chi connectivity index (χ3n) is 3.92. The number of carboxylic acids is 1. The molecule has 0 aromatic carbocycles. The van der Waals surface area contributed by atoms with Crippen LogP contribution in [0.4, 0.5) is 4.79 Å². The summed E-state index contributed by atoms with van der Waals surface area (Å²) in [6, 6.07) is -0.818. The monoisotopic (exact) mass is 285 g/mol. The van der Waals surface area contributed by atoms with Gasteiger partial charge in [-0.05, 0) is 18.9 Å². The average Bonchev–Trinajstić information content (AvgIpc) is 2.34. The molecule has 0 aromatic heterocycles. The van der Waals surface area contributed by atoms with Crippen molar-refractivity contribution in [1.29, 1.82) is 0 Å². The van der Waals surface area contributed by atoms with Crippen LogP contribution in [0.1, 0.15) is 34.1 Å². The normalized spacial score (nSPS) is 22.4. The Morgan fingerprint density at radius 2 is 1.95 bits per heavy atom. The number of rotatable bonds is 3. The van der Waals surface area contributed by atoms with Gasteiger partial charge < -0.3 is 15.3 Å². The van der Waals surface area contributed by atoms with E-state index in [0.29, 0.717) is 19.1 Å². The molecule has 0 bridgehead atoms. The zero-order valence-corrected chi connectivity index (χ0v) is 13.1. The number of amides is 2. The molecule has 2 amide bonds. The van der Waals surface area contributed by atoms with Crippen molar-refractivity contribution in [2.45, 2.75) is 46.2 Å². The minimum Gasteiger partial charge on any atom is -0.480 e. The zero-order valence-electron chi connectivity index (χ0n) is 13.1. The van der Waals surface area contributed by atoms with Crippen LogP contribution in [0.15, 0.2) is 0 Å². The molecule has 1 rings (SSSR count). The maximum absolute atomic E-state index is 12.3. The number of hydrogen-bond acceptors (Lipinski definition) is 3. The van der Waals surface area contributed by atoms with E-state index in [1.165, 1.54) is 0 Å². The summed E-state index contributed by atoms with van der Waals surface area (Å²) in [5, 5.41) is 11.9. The van der Waals surface area contributed by atoms with Gasteiger partial charge in [0, 0.05) is 25.7 Å². The van der Waals surface area contributed by atoms with Crippen molar-refractivity contribution in [3.05, 3.63) is 0 Å². The van der Waals surface area contributed by atoms with Crippen molar-refractivity contribution in [3.8, 4) is 0 Å². The summed E-state index contributed by atoms with van der Waals surface area (Å²) >= 11 is 0. The Bertz CT molecular complexity index is 365. The zero-order chi connectivity index (χ0) is 15.5. The van der Waals surface area contributed by atoms with Gasteiger partial charge in [0.2, 0.25) is 0 Å². The van der Waals surface area contributed by atoms with Crippen LogP contribution in [0.25, 0.3) is 0 Å². The highest BCUT2D eigenvalue weighted by Gasteiger charge is 2.35. The molecule has 6 heteroatoms. The van der Waals surface area contributed by atoms with Crippen LogP contribution in [0.3, 0.4) is 0 Å². The van der Waals surface area contributed by atoms with Gasteiger partial charge in [0.1, 0.15) is 6.04 Å². The molecular weight excluding hydrogens is 258 g/mol. The number of urea groups is 1.